The molecule has 1 fully saturated rings. The van der Waals surface area contributed by atoms with E-state index in [1.807, 2.05) is 34.3 Å². The van der Waals surface area contributed by atoms with E-state index in [9.17, 15) is 4.79 Å². The summed E-state index contributed by atoms with van der Waals surface area (Å²) in [6.45, 7) is 2.27. The van der Waals surface area contributed by atoms with Gasteiger partial charge in [-0.1, -0.05) is 12.1 Å². The maximum absolute atomic E-state index is 12.0. The molecule has 26 heavy (non-hydrogen) atoms. The molecule has 0 saturated carbocycles. The van der Waals surface area contributed by atoms with E-state index in [2.05, 4.69) is 32.5 Å². The minimum Gasteiger partial charge on any atom is -0.372 e. The summed E-state index contributed by atoms with van der Waals surface area (Å²) in [4.78, 5) is 19.7. The van der Waals surface area contributed by atoms with E-state index in [0.29, 0.717) is 0 Å². The van der Waals surface area contributed by atoms with Gasteiger partial charge in [-0.2, -0.15) is 5.10 Å². The normalized spacial score (nSPS) is 15.0. The molecule has 1 aromatic carbocycles. The van der Waals surface area contributed by atoms with Gasteiger partial charge < -0.3 is 4.90 Å². The lowest BCUT2D eigenvalue weighted by Crippen LogP contribution is -2.29. The number of hydrogen-bond acceptors (Lipinski definition) is 5. The first-order chi connectivity index (χ1) is 12.8. The highest BCUT2D eigenvalue weighted by molar-refractivity contribution is 7.15. The number of nitrogens with zero attached hydrogens (tertiary/aromatic N) is 4. The van der Waals surface area contributed by atoms with E-state index in [1.165, 1.54) is 24.9 Å². The van der Waals surface area contributed by atoms with Crippen LogP contribution < -0.4 is 10.3 Å². The largest absolute Gasteiger partial charge is 0.372 e. The van der Waals surface area contributed by atoms with Crippen LogP contribution in [0.3, 0.4) is 0 Å². The Morgan fingerprint density at radius 3 is 2.81 bits per heavy atom. The van der Waals surface area contributed by atoms with Gasteiger partial charge in [-0.05, 0) is 37.0 Å². The zero-order valence-electron chi connectivity index (χ0n) is 14.5. The van der Waals surface area contributed by atoms with E-state index < -0.39 is 0 Å². The number of anilines is 1. The summed E-state index contributed by atoms with van der Waals surface area (Å²) in [7, 11) is 0. The summed E-state index contributed by atoms with van der Waals surface area (Å²) in [5.74, 6) is -0.170. The van der Waals surface area contributed by atoms with E-state index in [-0.39, 0.29) is 12.3 Å². The minimum absolute atomic E-state index is 0.170. The molecule has 0 aliphatic carbocycles. The molecular weight excluding hydrogens is 346 g/mol. The van der Waals surface area contributed by atoms with Crippen molar-refractivity contribution in [3.8, 4) is 0 Å². The number of fused-ring (bicyclic) bond motifs is 1. The van der Waals surface area contributed by atoms with Crippen molar-refractivity contribution in [1.29, 1.82) is 0 Å². The molecule has 0 radical (unpaired) electrons. The fraction of sp³-hybridized carbons (Fsp3) is 0.316. The summed E-state index contributed by atoms with van der Waals surface area (Å²) >= 11 is 1.55. The molecule has 0 atom stereocenters. The SMILES string of the molecule is O=C(Cc1cn2ccsc2n1)N/N=C\c1ccc(N2CCCCC2)cc1. The number of piperidine rings is 1. The van der Waals surface area contributed by atoms with Crippen molar-refractivity contribution in [3.05, 3.63) is 53.3 Å². The Labute approximate surface area is 156 Å². The van der Waals surface area contributed by atoms with Crippen molar-refractivity contribution in [2.24, 2.45) is 5.10 Å². The predicted octanol–water partition coefficient (Wildman–Crippen LogP) is 3.08. The highest BCUT2D eigenvalue weighted by Crippen LogP contribution is 2.19. The lowest BCUT2D eigenvalue weighted by molar-refractivity contribution is -0.120. The van der Waals surface area contributed by atoms with Gasteiger partial charge in [0.05, 0.1) is 18.3 Å². The quantitative estimate of drug-likeness (QED) is 0.557. The van der Waals surface area contributed by atoms with Crippen LogP contribution >= 0.6 is 11.3 Å². The van der Waals surface area contributed by atoms with Crippen LogP contribution in [0.15, 0.2) is 47.1 Å². The number of nitrogens with one attached hydrogen (secondary N) is 1. The summed E-state index contributed by atoms with van der Waals surface area (Å²) in [5.41, 5.74) is 5.54. The smallest absolute Gasteiger partial charge is 0.246 e. The molecule has 3 aromatic rings. The zero-order valence-corrected chi connectivity index (χ0v) is 15.3. The van der Waals surface area contributed by atoms with Gasteiger partial charge in [0.1, 0.15) is 0 Å². The van der Waals surface area contributed by atoms with Gasteiger partial charge in [0, 0.05) is 36.6 Å². The van der Waals surface area contributed by atoms with Crippen molar-refractivity contribution in [1.82, 2.24) is 14.8 Å². The van der Waals surface area contributed by atoms with Crippen LogP contribution in [-0.4, -0.2) is 34.6 Å². The first kappa shape index (κ1) is 16.8. The standard InChI is InChI=1S/C19H21N5OS/c25-18(12-16-14-24-10-11-26-19(24)21-16)22-20-13-15-4-6-17(7-5-15)23-8-2-1-3-9-23/h4-7,10-11,13-14H,1-3,8-9,12H2,(H,22,25)/b20-13-. The van der Waals surface area contributed by atoms with Crippen LogP contribution in [0.2, 0.25) is 0 Å². The molecule has 2 aromatic heterocycles. The fourth-order valence-corrected chi connectivity index (χ4v) is 3.89. The van der Waals surface area contributed by atoms with Crippen molar-refractivity contribution >= 4 is 34.1 Å². The molecule has 1 amide bonds. The Balaban J connectivity index is 1.29. The van der Waals surface area contributed by atoms with Gasteiger partial charge in [0.2, 0.25) is 5.91 Å². The second kappa shape index (κ2) is 7.70. The summed E-state index contributed by atoms with van der Waals surface area (Å²) in [5, 5.41) is 6.02. The van der Waals surface area contributed by atoms with E-state index in [4.69, 9.17) is 0 Å². The number of imidazole rings is 1. The molecule has 1 N–H and O–H groups in total. The number of benzene rings is 1. The van der Waals surface area contributed by atoms with Crippen LogP contribution in [0.5, 0.6) is 0 Å². The molecule has 7 heteroatoms. The van der Waals surface area contributed by atoms with Crippen molar-refractivity contribution in [3.63, 3.8) is 0 Å². The number of aromatic nitrogens is 2. The molecule has 1 aliphatic rings. The van der Waals surface area contributed by atoms with E-state index in [0.717, 1.165) is 29.3 Å². The van der Waals surface area contributed by atoms with Gasteiger partial charge in [-0.15, -0.1) is 11.3 Å². The van der Waals surface area contributed by atoms with Gasteiger partial charge in [0.15, 0.2) is 4.96 Å². The Bertz CT molecular complexity index is 877. The Kier molecular flexibility index (Phi) is 4.97. The predicted molar refractivity (Wildman–Crippen MR) is 105 cm³/mol. The lowest BCUT2D eigenvalue weighted by Gasteiger charge is -2.28. The highest BCUT2D eigenvalue weighted by atomic mass is 32.1. The Hall–Kier alpha value is -2.67. The van der Waals surface area contributed by atoms with Gasteiger partial charge >= 0.3 is 0 Å². The van der Waals surface area contributed by atoms with Crippen molar-refractivity contribution in [2.45, 2.75) is 25.7 Å². The molecule has 134 valence electrons. The zero-order chi connectivity index (χ0) is 17.8. The van der Waals surface area contributed by atoms with E-state index in [1.54, 1.807) is 17.6 Å². The van der Waals surface area contributed by atoms with Crippen molar-refractivity contribution in [2.75, 3.05) is 18.0 Å². The van der Waals surface area contributed by atoms with Gasteiger partial charge in [-0.3, -0.25) is 9.20 Å². The number of carbonyl (C=O) groups is 1. The molecule has 0 bridgehead atoms. The molecule has 6 nitrogen and oxygen atoms in total. The number of carbonyl (C=O) groups excluding carboxylic acids is 1. The van der Waals surface area contributed by atoms with Crippen LogP contribution in [0, 0.1) is 0 Å². The minimum atomic E-state index is -0.170. The number of hydrazone groups is 1. The summed E-state index contributed by atoms with van der Waals surface area (Å²) in [6, 6.07) is 8.30. The maximum atomic E-state index is 12.0. The Morgan fingerprint density at radius 1 is 1.23 bits per heavy atom. The number of rotatable bonds is 5. The number of hydrogen-bond donors (Lipinski definition) is 1. The highest BCUT2D eigenvalue weighted by Gasteiger charge is 2.10. The fourth-order valence-electron chi connectivity index (χ4n) is 3.17. The van der Waals surface area contributed by atoms with Crippen LogP contribution in [-0.2, 0) is 11.2 Å². The third-order valence-electron chi connectivity index (χ3n) is 4.50. The molecule has 1 saturated heterocycles. The molecular formula is C19H21N5OS. The number of amides is 1. The Morgan fingerprint density at radius 2 is 2.04 bits per heavy atom. The van der Waals surface area contributed by atoms with Gasteiger partial charge in [0.25, 0.3) is 0 Å². The summed E-state index contributed by atoms with van der Waals surface area (Å²) < 4.78 is 1.92. The van der Waals surface area contributed by atoms with Crippen LogP contribution in [0.25, 0.3) is 4.96 Å². The van der Waals surface area contributed by atoms with Crippen LogP contribution in [0.4, 0.5) is 5.69 Å². The second-order valence-electron chi connectivity index (χ2n) is 6.43. The van der Waals surface area contributed by atoms with Crippen molar-refractivity contribution < 1.29 is 4.79 Å². The van der Waals surface area contributed by atoms with E-state index >= 15 is 0 Å². The average Bonchev–Trinajstić information content (AvgIpc) is 3.24. The first-order valence-corrected chi connectivity index (χ1v) is 9.74. The lowest BCUT2D eigenvalue weighted by atomic mass is 10.1. The topological polar surface area (TPSA) is 62.0 Å². The monoisotopic (exact) mass is 367 g/mol. The third-order valence-corrected chi connectivity index (χ3v) is 5.27. The van der Waals surface area contributed by atoms with Gasteiger partial charge in [-0.25, -0.2) is 10.4 Å². The third kappa shape index (κ3) is 3.94. The molecule has 0 unspecified atom stereocenters. The molecule has 1 aliphatic heterocycles. The first-order valence-electron chi connectivity index (χ1n) is 8.86. The molecule has 0 spiro atoms. The second-order valence-corrected chi connectivity index (χ2v) is 7.31. The maximum Gasteiger partial charge on any atom is 0.246 e. The van der Waals surface area contributed by atoms with Crippen LogP contribution in [0.1, 0.15) is 30.5 Å². The molecule has 4 rings (SSSR count). The number of thiazole rings is 1. The average molecular weight is 367 g/mol. The summed E-state index contributed by atoms with van der Waals surface area (Å²) in [6.07, 6.45) is 9.56. The molecule has 3 heterocycles.